The number of aliphatic hydroxyl groups excluding tert-OH is 1. The molecule has 0 heterocycles. The fourth-order valence-electron chi connectivity index (χ4n) is 1.93. The lowest BCUT2D eigenvalue weighted by Crippen LogP contribution is -2.00. The number of halogens is 1. The van der Waals surface area contributed by atoms with Gasteiger partial charge in [-0.3, -0.25) is 0 Å². The molecule has 0 bridgehead atoms. The number of aliphatic hydroxyl groups is 1. The maximum absolute atomic E-state index is 8.84. The van der Waals surface area contributed by atoms with Gasteiger partial charge in [0, 0.05) is 23.9 Å². The molecule has 0 fully saturated rings. The first-order valence-electron chi connectivity index (χ1n) is 6.46. The zero-order valence-corrected chi connectivity index (χ0v) is 11.5. The summed E-state index contributed by atoms with van der Waals surface area (Å²) in [6, 6.07) is 16.1. The van der Waals surface area contributed by atoms with Crippen LogP contribution in [0.2, 0.25) is 5.02 Å². The van der Waals surface area contributed by atoms with Crippen LogP contribution >= 0.6 is 11.6 Å². The summed E-state index contributed by atoms with van der Waals surface area (Å²) < 4.78 is 0. The summed E-state index contributed by atoms with van der Waals surface area (Å²) in [5.41, 5.74) is 3.55. The Kier molecular flexibility index (Phi) is 5.25. The van der Waals surface area contributed by atoms with Gasteiger partial charge in [-0.25, -0.2) is 0 Å². The van der Waals surface area contributed by atoms with Gasteiger partial charge < -0.3 is 10.4 Å². The minimum absolute atomic E-state index is 0.239. The molecule has 0 amide bonds. The van der Waals surface area contributed by atoms with E-state index in [-0.39, 0.29) is 6.61 Å². The predicted octanol–water partition coefficient (Wildman–Crippen LogP) is 3.88. The maximum atomic E-state index is 8.84. The molecule has 100 valence electrons. The highest BCUT2D eigenvalue weighted by Gasteiger charge is 1.97. The van der Waals surface area contributed by atoms with Crippen LogP contribution in [0.25, 0.3) is 0 Å². The van der Waals surface area contributed by atoms with Crippen molar-refractivity contribution >= 4 is 17.3 Å². The number of benzene rings is 2. The molecule has 0 saturated heterocycles. The van der Waals surface area contributed by atoms with Crippen molar-refractivity contribution in [1.29, 1.82) is 0 Å². The van der Waals surface area contributed by atoms with Gasteiger partial charge in [0.1, 0.15) is 0 Å². The molecule has 0 radical (unpaired) electrons. The normalized spacial score (nSPS) is 10.4. The Hall–Kier alpha value is -1.51. The van der Waals surface area contributed by atoms with E-state index >= 15 is 0 Å². The Morgan fingerprint density at radius 3 is 2.53 bits per heavy atom. The highest BCUT2D eigenvalue weighted by Crippen LogP contribution is 2.15. The maximum Gasteiger partial charge on any atom is 0.0434 e. The van der Waals surface area contributed by atoms with Crippen molar-refractivity contribution in [3.63, 3.8) is 0 Å². The van der Waals surface area contributed by atoms with Crippen molar-refractivity contribution in [2.75, 3.05) is 11.9 Å². The third-order valence-corrected chi connectivity index (χ3v) is 3.21. The number of aryl methyl sites for hydroxylation is 1. The summed E-state index contributed by atoms with van der Waals surface area (Å²) in [5.74, 6) is 0. The Labute approximate surface area is 119 Å². The molecule has 2 aromatic carbocycles. The molecule has 2 rings (SSSR count). The highest BCUT2D eigenvalue weighted by molar-refractivity contribution is 6.30. The van der Waals surface area contributed by atoms with Gasteiger partial charge in [-0.2, -0.15) is 0 Å². The molecule has 0 aliphatic rings. The van der Waals surface area contributed by atoms with Crippen LogP contribution in [-0.4, -0.2) is 11.7 Å². The van der Waals surface area contributed by atoms with Gasteiger partial charge in [0.25, 0.3) is 0 Å². The number of hydrogen-bond donors (Lipinski definition) is 2. The molecule has 0 aliphatic heterocycles. The van der Waals surface area contributed by atoms with E-state index in [1.165, 1.54) is 11.1 Å². The molecule has 2 aromatic rings. The first-order chi connectivity index (χ1) is 9.28. The second-order valence-corrected chi connectivity index (χ2v) is 4.94. The lowest BCUT2D eigenvalue weighted by Gasteiger charge is -2.08. The molecule has 3 heteroatoms. The summed E-state index contributed by atoms with van der Waals surface area (Å²) in [4.78, 5) is 0. The Balaban J connectivity index is 1.93. The number of nitrogens with one attached hydrogen (secondary N) is 1. The van der Waals surface area contributed by atoms with Crippen molar-refractivity contribution in [2.45, 2.75) is 19.4 Å². The van der Waals surface area contributed by atoms with Crippen LogP contribution < -0.4 is 5.32 Å². The molecule has 0 aromatic heterocycles. The van der Waals surface area contributed by atoms with E-state index in [0.717, 1.165) is 30.1 Å². The molecule has 0 unspecified atom stereocenters. The van der Waals surface area contributed by atoms with E-state index < -0.39 is 0 Å². The largest absolute Gasteiger partial charge is 0.396 e. The average Bonchev–Trinajstić information content (AvgIpc) is 2.45. The van der Waals surface area contributed by atoms with Gasteiger partial charge in [-0.15, -0.1) is 0 Å². The molecular weight excluding hydrogens is 258 g/mol. The van der Waals surface area contributed by atoms with Gasteiger partial charge in [-0.05, 0) is 48.2 Å². The van der Waals surface area contributed by atoms with Crippen molar-refractivity contribution in [1.82, 2.24) is 0 Å². The SMILES string of the molecule is OCCCc1cccc(NCc2ccc(Cl)cc2)c1. The first kappa shape index (κ1) is 13.9. The molecule has 0 saturated carbocycles. The van der Waals surface area contributed by atoms with Crippen LogP contribution in [0.1, 0.15) is 17.5 Å². The zero-order valence-electron chi connectivity index (χ0n) is 10.8. The zero-order chi connectivity index (χ0) is 13.5. The van der Waals surface area contributed by atoms with E-state index in [9.17, 15) is 0 Å². The van der Waals surface area contributed by atoms with E-state index in [1.54, 1.807) is 0 Å². The van der Waals surface area contributed by atoms with Crippen molar-refractivity contribution < 1.29 is 5.11 Å². The summed E-state index contributed by atoms with van der Waals surface area (Å²) in [6.07, 6.45) is 1.72. The fraction of sp³-hybridized carbons (Fsp3) is 0.250. The minimum Gasteiger partial charge on any atom is -0.396 e. The molecule has 2 N–H and O–H groups in total. The van der Waals surface area contributed by atoms with Crippen LogP contribution in [0.5, 0.6) is 0 Å². The quantitative estimate of drug-likeness (QED) is 0.839. The van der Waals surface area contributed by atoms with Crippen LogP contribution in [0, 0.1) is 0 Å². The van der Waals surface area contributed by atoms with Crippen LogP contribution in [-0.2, 0) is 13.0 Å². The summed E-state index contributed by atoms with van der Waals surface area (Å²) in [7, 11) is 0. The standard InChI is InChI=1S/C16H18ClNO/c17-15-8-6-14(7-9-15)12-18-16-5-1-3-13(11-16)4-2-10-19/h1,3,5-9,11,18-19H,2,4,10,12H2. The van der Waals surface area contributed by atoms with Gasteiger partial charge in [0.2, 0.25) is 0 Å². The summed E-state index contributed by atoms with van der Waals surface area (Å²) in [5, 5.41) is 13.0. The summed E-state index contributed by atoms with van der Waals surface area (Å²) >= 11 is 5.86. The summed E-state index contributed by atoms with van der Waals surface area (Å²) in [6.45, 7) is 1.02. The van der Waals surface area contributed by atoms with E-state index in [4.69, 9.17) is 16.7 Å². The van der Waals surface area contributed by atoms with E-state index in [1.807, 2.05) is 30.3 Å². The van der Waals surface area contributed by atoms with Crippen molar-refractivity contribution in [3.8, 4) is 0 Å². The van der Waals surface area contributed by atoms with Gasteiger partial charge in [0.05, 0.1) is 0 Å². The van der Waals surface area contributed by atoms with Crippen molar-refractivity contribution in [2.24, 2.45) is 0 Å². The molecule has 0 atom stereocenters. The molecule has 2 nitrogen and oxygen atoms in total. The van der Waals surface area contributed by atoms with Gasteiger partial charge >= 0.3 is 0 Å². The molecule has 19 heavy (non-hydrogen) atoms. The molecule has 0 aliphatic carbocycles. The van der Waals surface area contributed by atoms with Crippen molar-refractivity contribution in [3.05, 3.63) is 64.7 Å². The monoisotopic (exact) mass is 275 g/mol. The van der Waals surface area contributed by atoms with Gasteiger partial charge in [-0.1, -0.05) is 35.9 Å². The third kappa shape index (κ3) is 4.58. The lowest BCUT2D eigenvalue weighted by molar-refractivity contribution is 0.288. The fourth-order valence-corrected chi connectivity index (χ4v) is 2.05. The second-order valence-electron chi connectivity index (χ2n) is 4.51. The highest BCUT2D eigenvalue weighted by atomic mass is 35.5. The van der Waals surface area contributed by atoms with Crippen LogP contribution in [0.4, 0.5) is 5.69 Å². The van der Waals surface area contributed by atoms with Crippen LogP contribution in [0.15, 0.2) is 48.5 Å². The second kappa shape index (κ2) is 7.17. The first-order valence-corrected chi connectivity index (χ1v) is 6.84. The molecule has 0 spiro atoms. The number of rotatable bonds is 6. The molecular formula is C16H18ClNO. The Bertz CT molecular complexity index is 510. The van der Waals surface area contributed by atoms with Gasteiger partial charge in [0.15, 0.2) is 0 Å². The Morgan fingerprint density at radius 1 is 1.00 bits per heavy atom. The van der Waals surface area contributed by atoms with E-state index in [2.05, 4.69) is 23.5 Å². The smallest absolute Gasteiger partial charge is 0.0434 e. The predicted molar refractivity (Wildman–Crippen MR) is 80.6 cm³/mol. The topological polar surface area (TPSA) is 32.3 Å². The number of hydrogen-bond acceptors (Lipinski definition) is 2. The minimum atomic E-state index is 0.239. The van der Waals surface area contributed by atoms with E-state index in [0.29, 0.717) is 0 Å². The number of anilines is 1. The lowest BCUT2D eigenvalue weighted by atomic mass is 10.1. The third-order valence-electron chi connectivity index (χ3n) is 2.96. The van der Waals surface area contributed by atoms with Crippen LogP contribution in [0.3, 0.4) is 0 Å². The Morgan fingerprint density at radius 2 is 1.79 bits per heavy atom. The average molecular weight is 276 g/mol.